The molecule has 0 aromatic heterocycles. The molecule has 3 N–H and O–H groups in total. The van der Waals surface area contributed by atoms with Gasteiger partial charge >= 0.3 is 0 Å². The Labute approximate surface area is 158 Å². The third kappa shape index (κ3) is 6.97. The zero-order valence-corrected chi connectivity index (χ0v) is 15.3. The molecular weight excluding hydrogens is 349 g/mol. The van der Waals surface area contributed by atoms with Crippen LogP contribution in [0, 0.1) is 5.82 Å². The van der Waals surface area contributed by atoms with Gasteiger partial charge in [0, 0.05) is 25.2 Å². The van der Waals surface area contributed by atoms with E-state index in [1.54, 1.807) is 36.3 Å². The van der Waals surface area contributed by atoms with Gasteiger partial charge in [0.2, 0.25) is 11.8 Å². The number of carbonyl (C=O) groups excluding carboxylic acids is 2. The monoisotopic (exact) mass is 373 g/mol. The van der Waals surface area contributed by atoms with Crippen LogP contribution >= 0.6 is 0 Å². The number of halogens is 1. The van der Waals surface area contributed by atoms with Gasteiger partial charge in [0.25, 0.3) is 0 Å². The van der Waals surface area contributed by atoms with Crippen molar-refractivity contribution in [3.63, 3.8) is 0 Å². The van der Waals surface area contributed by atoms with Gasteiger partial charge in [-0.2, -0.15) is 0 Å². The summed E-state index contributed by atoms with van der Waals surface area (Å²) in [5.74, 6) is -0.174. The number of nitrogens with zero attached hydrogens (tertiary/aromatic N) is 1. The van der Waals surface area contributed by atoms with E-state index >= 15 is 0 Å². The van der Waals surface area contributed by atoms with Gasteiger partial charge in [-0.15, -0.1) is 0 Å². The molecule has 0 atom stereocenters. The number of rotatable bonds is 10. The summed E-state index contributed by atoms with van der Waals surface area (Å²) >= 11 is 0. The van der Waals surface area contributed by atoms with Crippen LogP contribution in [0.1, 0.15) is 12.0 Å². The second-order valence-corrected chi connectivity index (χ2v) is 6.06. The number of ether oxygens (including phenoxy) is 1. The molecule has 2 aromatic carbocycles. The van der Waals surface area contributed by atoms with Gasteiger partial charge in [-0.25, -0.2) is 4.39 Å². The van der Waals surface area contributed by atoms with E-state index < -0.39 is 5.91 Å². The van der Waals surface area contributed by atoms with E-state index in [9.17, 15) is 14.0 Å². The van der Waals surface area contributed by atoms with Crippen LogP contribution < -0.4 is 20.7 Å². The highest BCUT2D eigenvalue weighted by molar-refractivity contribution is 5.82. The maximum absolute atomic E-state index is 12.9. The molecule has 0 saturated carbocycles. The first kappa shape index (κ1) is 20.2. The molecule has 0 spiro atoms. The van der Waals surface area contributed by atoms with Crippen molar-refractivity contribution in [2.24, 2.45) is 5.73 Å². The fourth-order valence-electron chi connectivity index (χ4n) is 2.56. The highest BCUT2D eigenvalue weighted by Gasteiger charge is 2.13. The maximum atomic E-state index is 12.9. The molecule has 2 rings (SSSR count). The summed E-state index contributed by atoms with van der Waals surface area (Å²) in [6.45, 7) is 0.882. The van der Waals surface area contributed by atoms with Crippen molar-refractivity contribution in [2.75, 3.05) is 31.6 Å². The van der Waals surface area contributed by atoms with Crippen molar-refractivity contribution in [3.8, 4) is 5.75 Å². The van der Waals surface area contributed by atoms with Gasteiger partial charge in [0.15, 0.2) is 0 Å². The zero-order valence-electron chi connectivity index (χ0n) is 15.3. The molecule has 0 bridgehead atoms. The Hall–Kier alpha value is -3.09. The first-order valence-electron chi connectivity index (χ1n) is 8.66. The third-order valence-corrected chi connectivity index (χ3v) is 4.05. The van der Waals surface area contributed by atoms with E-state index in [4.69, 9.17) is 10.5 Å². The van der Waals surface area contributed by atoms with E-state index in [1.165, 1.54) is 12.1 Å². The lowest BCUT2D eigenvalue weighted by Gasteiger charge is -2.24. The van der Waals surface area contributed by atoms with Crippen molar-refractivity contribution in [3.05, 3.63) is 59.9 Å². The van der Waals surface area contributed by atoms with E-state index in [0.29, 0.717) is 25.3 Å². The number of anilines is 1. The lowest BCUT2D eigenvalue weighted by atomic mass is 10.1. The molecule has 2 aromatic rings. The van der Waals surface area contributed by atoms with Crippen LogP contribution in [0.4, 0.5) is 10.1 Å². The largest absolute Gasteiger partial charge is 0.497 e. The minimum atomic E-state index is -0.426. The summed E-state index contributed by atoms with van der Waals surface area (Å²) in [5.41, 5.74) is 6.98. The normalized spacial score (nSPS) is 10.3. The second-order valence-electron chi connectivity index (χ2n) is 6.06. The molecule has 0 heterocycles. The number of amides is 2. The quantitative estimate of drug-likeness (QED) is 0.666. The predicted molar refractivity (Wildman–Crippen MR) is 102 cm³/mol. The topological polar surface area (TPSA) is 84.7 Å². The lowest BCUT2D eigenvalue weighted by Crippen LogP contribution is -2.39. The Bertz CT molecular complexity index is 748. The van der Waals surface area contributed by atoms with Crippen molar-refractivity contribution >= 4 is 17.5 Å². The van der Waals surface area contributed by atoms with Crippen LogP contribution in [0.2, 0.25) is 0 Å². The molecule has 0 aliphatic carbocycles. The van der Waals surface area contributed by atoms with E-state index in [-0.39, 0.29) is 24.7 Å². The standard InChI is InChI=1S/C20H24FN3O3/c1-27-18-8-6-17(7-9-18)24(13-11-19(22)25)14-20(26)23-12-10-15-2-4-16(21)5-3-15/h2-9H,10-14H2,1H3,(H2,22,25)(H,23,26). The average Bonchev–Trinajstić information content (AvgIpc) is 2.66. The number of methoxy groups -OCH3 is 1. The predicted octanol–water partition coefficient (Wildman–Crippen LogP) is 1.88. The number of hydrogen-bond donors (Lipinski definition) is 2. The molecule has 27 heavy (non-hydrogen) atoms. The van der Waals surface area contributed by atoms with Gasteiger partial charge in [-0.05, 0) is 48.4 Å². The van der Waals surface area contributed by atoms with Gasteiger partial charge in [-0.1, -0.05) is 12.1 Å². The maximum Gasteiger partial charge on any atom is 0.239 e. The Kier molecular flexibility index (Phi) is 7.61. The van der Waals surface area contributed by atoms with Gasteiger partial charge in [0.1, 0.15) is 11.6 Å². The molecule has 0 saturated heterocycles. The first-order chi connectivity index (χ1) is 13.0. The number of hydrogen-bond acceptors (Lipinski definition) is 4. The van der Waals surface area contributed by atoms with Crippen LogP contribution in [0.15, 0.2) is 48.5 Å². The lowest BCUT2D eigenvalue weighted by molar-refractivity contribution is -0.120. The first-order valence-corrected chi connectivity index (χ1v) is 8.66. The highest BCUT2D eigenvalue weighted by Crippen LogP contribution is 2.19. The molecule has 6 nitrogen and oxygen atoms in total. The van der Waals surface area contributed by atoms with Crippen LogP contribution in [0.25, 0.3) is 0 Å². The van der Waals surface area contributed by atoms with Crippen LogP contribution in [0.5, 0.6) is 5.75 Å². The third-order valence-electron chi connectivity index (χ3n) is 4.05. The van der Waals surface area contributed by atoms with Crippen molar-refractivity contribution in [1.29, 1.82) is 0 Å². The van der Waals surface area contributed by atoms with Gasteiger partial charge in [-0.3, -0.25) is 9.59 Å². The number of benzene rings is 2. The average molecular weight is 373 g/mol. The summed E-state index contributed by atoms with van der Waals surface area (Å²) in [4.78, 5) is 25.2. The van der Waals surface area contributed by atoms with Crippen molar-refractivity contribution in [2.45, 2.75) is 12.8 Å². The zero-order chi connectivity index (χ0) is 19.6. The summed E-state index contributed by atoms with van der Waals surface area (Å²) in [7, 11) is 1.58. The summed E-state index contributed by atoms with van der Waals surface area (Å²) < 4.78 is 18.0. The molecular formula is C20H24FN3O3. The Morgan fingerprint density at radius 2 is 1.78 bits per heavy atom. The number of carbonyl (C=O) groups is 2. The van der Waals surface area contributed by atoms with Crippen LogP contribution in [-0.4, -0.2) is 38.6 Å². The highest BCUT2D eigenvalue weighted by atomic mass is 19.1. The number of nitrogens with one attached hydrogen (secondary N) is 1. The Balaban J connectivity index is 1.91. The van der Waals surface area contributed by atoms with Gasteiger partial charge in [0.05, 0.1) is 13.7 Å². The van der Waals surface area contributed by atoms with Crippen molar-refractivity contribution in [1.82, 2.24) is 5.32 Å². The molecule has 0 aliphatic rings. The molecule has 2 amide bonds. The van der Waals surface area contributed by atoms with E-state index in [2.05, 4.69) is 5.32 Å². The summed E-state index contributed by atoms with van der Waals surface area (Å²) in [5, 5.41) is 2.84. The molecule has 0 aliphatic heterocycles. The van der Waals surface area contributed by atoms with Crippen LogP contribution in [0.3, 0.4) is 0 Å². The molecule has 7 heteroatoms. The summed E-state index contributed by atoms with van der Waals surface area (Å²) in [6.07, 6.45) is 0.755. The fourth-order valence-corrected chi connectivity index (χ4v) is 2.56. The second kappa shape index (κ2) is 10.2. The number of nitrogens with two attached hydrogens (primary N) is 1. The molecule has 0 unspecified atom stereocenters. The fraction of sp³-hybridized carbons (Fsp3) is 0.300. The Morgan fingerprint density at radius 1 is 1.11 bits per heavy atom. The minimum Gasteiger partial charge on any atom is -0.497 e. The molecule has 0 radical (unpaired) electrons. The SMILES string of the molecule is COc1ccc(N(CCC(N)=O)CC(=O)NCCc2ccc(F)cc2)cc1. The summed E-state index contributed by atoms with van der Waals surface area (Å²) in [6, 6.07) is 13.4. The van der Waals surface area contributed by atoms with E-state index in [0.717, 1.165) is 11.3 Å². The van der Waals surface area contributed by atoms with Crippen LogP contribution in [-0.2, 0) is 16.0 Å². The van der Waals surface area contributed by atoms with Crippen molar-refractivity contribution < 1.29 is 18.7 Å². The Morgan fingerprint density at radius 3 is 2.37 bits per heavy atom. The molecule has 0 fully saturated rings. The van der Waals surface area contributed by atoms with E-state index in [1.807, 2.05) is 12.1 Å². The minimum absolute atomic E-state index is 0.100. The number of primary amides is 1. The smallest absolute Gasteiger partial charge is 0.239 e. The molecule has 144 valence electrons. The van der Waals surface area contributed by atoms with Gasteiger partial charge < -0.3 is 20.7 Å².